The highest BCUT2D eigenvalue weighted by molar-refractivity contribution is 5.84. The van der Waals surface area contributed by atoms with Crippen molar-refractivity contribution in [3.8, 4) is 0 Å². The molecule has 4 bridgehead atoms. The third-order valence-corrected chi connectivity index (χ3v) is 7.66. The summed E-state index contributed by atoms with van der Waals surface area (Å²) >= 11 is 0. The van der Waals surface area contributed by atoms with Gasteiger partial charge in [-0.3, -0.25) is 0 Å². The van der Waals surface area contributed by atoms with Gasteiger partial charge in [-0.25, -0.2) is 0 Å². The number of aryl methyl sites for hydroxylation is 1. The maximum absolute atomic E-state index is 5.60. The van der Waals surface area contributed by atoms with Crippen LogP contribution in [0.25, 0.3) is 10.9 Å². The molecule has 4 nitrogen and oxygen atoms in total. The maximum atomic E-state index is 5.60. The van der Waals surface area contributed by atoms with Crippen molar-refractivity contribution < 1.29 is 4.52 Å². The van der Waals surface area contributed by atoms with Crippen LogP contribution in [0.1, 0.15) is 55.8 Å². The lowest BCUT2D eigenvalue weighted by Gasteiger charge is -2.56. The van der Waals surface area contributed by atoms with Gasteiger partial charge in [0.2, 0.25) is 5.89 Å². The number of hydrogen-bond donors (Lipinski definition) is 0. The summed E-state index contributed by atoms with van der Waals surface area (Å²) in [6.45, 7) is 0. The molecule has 28 heavy (non-hydrogen) atoms. The zero-order valence-corrected chi connectivity index (χ0v) is 16.6. The van der Waals surface area contributed by atoms with E-state index in [1.54, 1.807) is 0 Å². The molecule has 0 N–H and O–H groups in total. The smallest absolute Gasteiger partial charge is 0.230 e. The Morgan fingerprint density at radius 1 is 1.11 bits per heavy atom. The molecule has 0 saturated heterocycles. The Labute approximate surface area is 166 Å². The molecular weight excluding hydrogens is 346 g/mol. The minimum absolute atomic E-state index is 0.464. The fraction of sp³-hybridized carbons (Fsp3) is 0.542. The zero-order chi connectivity index (χ0) is 18.7. The quantitative estimate of drug-likeness (QED) is 0.623. The van der Waals surface area contributed by atoms with Crippen LogP contribution in [0.15, 0.2) is 35.0 Å². The Hall–Kier alpha value is -2.10. The highest BCUT2D eigenvalue weighted by Crippen LogP contribution is 2.60. The van der Waals surface area contributed by atoms with Crippen LogP contribution in [0.3, 0.4) is 0 Å². The third kappa shape index (κ3) is 2.80. The number of hydrogen-bond acceptors (Lipinski definition) is 3. The van der Waals surface area contributed by atoms with Gasteiger partial charge in [0.25, 0.3) is 0 Å². The first-order valence-corrected chi connectivity index (χ1v) is 10.8. The molecule has 4 heteroatoms. The molecule has 2 heterocycles. The number of para-hydroxylation sites is 1. The monoisotopic (exact) mass is 374 g/mol. The van der Waals surface area contributed by atoms with Crippen molar-refractivity contribution in [2.75, 3.05) is 0 Å². The van der Waals surface area contributed by atoms with E-state index in [2.05, 4.69) is 53.7 Å². The molecule has 0 amide bonds. The SMILES string of the molecule is Cn1cc(C[CH]c2nc(CC34CC5CC(CC(C5)C3)C4)no2)c2ccccc21. The third-order valence-electron chi connectivity index (χ3n) is 7.66. The summed E-state index contributed by atoms with van der Waals surface area (Å²) in [5.74, 6) is 4.50. The molecule has 2 aromatic heterocycles. The lowest BCUT2D eigenvalue weighted by Crippen LogP contribution is -2.47. The van der Waals surface area contributed by atoms with E-state index in [4.69, 9.17) is 9.51 Å². The summed E-state index contributed by atoms with van der Waals surface area (Å²) in [6, 6.07) is 8.53. The van der Waals surface area contributed by atoms with Crippen LogP contribution in [0.4, 0.5) is 0 Å². The van der Waals surface area contributed by atoms with Crippen molar-refractivity contribution in [3.05, 3.63) is 54.2 Å². The van der Waals surface area contributed by atoms with Gasteiger partial charge in [0.1, 0.15) is 0 Å². The summed E-state index contributed by atoms with van der Waals surface area (Å²) in [5, 5.41) is 5.65. The standard InChI is InChI=1S/C24H28N3O/c1-27-15-19(20-4-2-3-5-21(20)27)6-7-23-25-22(26-28-23)14-24-11-16-8-17(12-24)10-18(9-16)13-24/h2-5,7,15-18H,6,8-14H2,1H3. The molecule has 3 aromatic rings. The average Bonchev–Trinajstić information content (AvgIpc) is 3.23. The fourth-order valence-corrected chi connectivity index (χ4v) is 7.05. The van der Waals surface area contributed by atoms with Crippen molar-refractivity contribution in [1.29, 1.82) is 0 Å². The normalized spacial score (nSPS) is 31.1. The van der Waals surface area contributed by atoms with Crippen LogP contribution in [0, 0.1) is 29.6 Å². The van der Waals surface area contributed by atoms with Gasteiger partial charge in [0.05, 0.1) is 6.42 Å². The van der Waals surface area contributed by atoms with E-state index in [1.165, 1.54) is 55.0 Å². The summed E-state index contributed by atoms with van der Waals surface area (Å²) in [7, 11) is 2.10. The molecule has 7 rings (SSSR count). The van der Waals surface area contributed by atoms with Crippen molar-refractivity contribution in [2.24, 2.45) is 30.2 Å². The van der Waals surface area contributed by atoms with E-state index >= 15 is 0 Å². The highest BCUT2D eigenvalue weighted by atomic mass is 16.5. The molecule has 0 atom stereocenters. The second kappa shape index (κ2) is 6.20. The van der Waals surface area contributed by atoms with Gasteiger partial charge >= 0.3 is 0 Å². The van der Waals surface area contributed by atoms with Gasteiger partial charge in [-0.15, -0.1) is 0 Å². The first kappa shape index (κ1) is 16.8. The Morgan fingerprint density at radius 2 is 1.82 bits per heavy atom. The molecule has 145 valence electrons. The number of nitrogens with zero attached hydrogens (tertiary/aromatic N) is 3. The van der Waals surface area contributed by atoms with E-state index in [0.717, 1.165) is 36.4 Å². The lowest BCUT2D eigenvalue weighted by molar-refractivity contribution is -0.0533. The molecule has 1 radical (unpaired) electrons. The van der Waals surface area contributed by atoms with Gasteiger partial charge in [-0.05, 0) is 79.7 Å². The molecule has 0 spiro atoms. The maximum Gasteiger partial charge on any atom is 0.230 e. The first-order valence-electron chi connectivity index (χ1n) is 10.8. The summed E-state index contributed by atoms with van der Waals surface area (Å²) < 4.78 is 7.78. The Kier molecular flexibility index (Phi) is 3.72. The van der Waals surface area contributed by atoms with Gasteiger partial charge < -0.3 is 9.09 Å². The van der Waals surface area contributed by atoms with E-state index in [1.807, 2.05) is 0 Å². The summed E-state index contributed by atoms with van der Waals surface area (Å²) in [4.78, 5) is 4.75. The lowest BCUT2D eigenvalue weighted by atomic mass is 9.49. The van der Waals surface area contributed by atoms with Crippen LogP contribution in [0.5, 0.6) is 0 Å². The number of rotatable bonds is 5. The van der Waals surface area contributed by atoms with Crippen LogP contribution in [-0.4, -0.2) is 14.7 Å². The van der Waals surface area contributed by atoms with Gasteiger partial charge in [0.15, 0.2) is 5.82 Å². The topological polar surface area (TPSA) is 43.9 Å². The number of aromatic nitrogens is 3. The summed E-state index contributed by atoms with van der Waals surface area (Å²) in [6.07, 6.45) is 14.7. The molecule has 4 saturated carbocycles. The molecule has 0 aliphatic heterocycles. The second-order valence-corrected chi connectivity index (χ2v) is 9.83. The predicted molar refractivity (Wildman–Crippen MR) is 109 cm³/mol. The van der Waals surface area contributed by atoms with E-state index < -0.39 is 0 Å². The average molecular weight is 375 g/mol. The summed E-state index contributed by atoms with van der Waals surface area (Å²) in [5.41, 5.74) is 3.03. The highest BCUT2D eigenvalue weighted by Gasteiger charge is 2.51. The number of benzene rings is 1. The molecule has 0 unspecified atom stereocenters. The molecule has 1 aromatic carbocycles. The predicted octanol–water partition coefficient (Wildman–Crippen LogP) is 5.12. The Morgan fingerprint density at radius 3 is 2.57 bits per heavy atom. The first-order chi connectivity index (χ1) is 13.7. The van der Waals surface area contributed by atoms with Crippen LogP contribution in [-0.2, 0) is 19.9 Å². The molecular formula is C24H28N3O. The Balaban J connectivity index is 1.16. The van der Waals surface area contributed by atoms with Crippen molar-refractivity contribution in [2.45, 2.75) is 51.4 Å². The van der Waals surface area contributed by atoms with Crippen LogP contribution in [0.2, 0.25) is 0 Å². The van der Waals surface area contributed by atoms with E-state index in [-0.39, 0.29) is 0 Å². The zero-order valence-electron chi connectivity index (χ0n) is 16.6. The van der Waals surface area contributed by atoms with Crippen LogP contribution >= 0.6 is 0 Å². The largest absolute Gasteiger partial charge is 0.350 e. The minimum atomic E-state index is 0.464. The second-order valence-electron chi connectivity index (χ2n) is 9.83. The minimum Gasteiger partial charge on any atom is -0.350 e. The Bertz CT molecular complexity index is 979. The van der Waals surface area contributed by atoms with Crippen molar-refractivity contribution >= 4 is 10.9 Å². The van der Waals surface area contributed by atoms with Crippen molar-refractivity contribution in [3.63, 3.8) is 0 Å². The molecule has 4 aliphatic carbocycles. The van der Waals surface area contributed by atoms with Gasteiger partial charge in [-0.1, -0.05) is 23.4 Å². The van der Waals surface area contributed by atoms with Crippen LogP contribution < -0.4 is 0 Å². The van der Waals surface area contributed by atoms with E-state index in [9.17, 15) is 0 Å². The van der Waals surface area contributed by atoms with Crippen molar-refractivity contribution in [1.82, 2.24) is 14.7 Å². The number of fused-ring (bicyclic) bond motifs is 1. The fourth-order valence-electron chi connectivity index (χ4n) is 7.05. The van der Waals surface area contributed by atoms with Gasteiger partial charge in [0, 0.05) is 30.6 Å². The molecule has 4 aliphatic rings. The van der Waals surface area contributed by atoms with Gasteiger partial charge in [-0.2, -0.15) is 4.98 Å². The molecule has 4 fully saturated rings. The van der Waals surface area contributed by atoms with E-state index in [0.29, 0.717) is 11.3 Å².